The topological polar surface area (TPSA) is 59.2 Å². The molecule has 0 aliphatic carbocycles. The van der Waals surface area contributed by atoms with E-state index in [-0.39, 0.29) is 12.4 Å². The van der Waals surface area contributed by atoms with Crippen LogP contribution in [0.15, 0.2) is 59.1 Å². The first-order valence-electron chi connectivity index (χ1n) is 7.12. The van der Waals surface area contributed by atoms with Gasteiger partial charge >= 0.3 is 0 Å². The van der Waals surface area contributed by atoms with Gasteiger partial charge in [0.25, 0.3) is 6.47 Å². The van der Waals surface area contributed by atoms with Gasteiger partial charge in [-0.2, -0.15) is 0 Å². The predicted molar refractivity (Wildman–Crippen MR) is 91.5 cm³/mol. The summed E-state index contributed by atoms with van der Waals surface area (Å²) in [7, 11) is 0. The van der Waals surface area contributed by atoms with Crippen LogP contribution in [0.2, 0.25) is 0 Å². The minimum absolute atomic E-state index is 0.00166. The van der Waals surface area contributed by atoms with E-state index in [1.807, 2.05) is 42.5 Å². The molecule has 0 radical (unpaired) electrons. The number of hydrogen-bond acceptors (Lipinski definition) is 3. The third kappa shape index (κ3) is 3.19. The molecule has 2 aromatic carbocycles. The van der Waals surface area contributed by atoms with Gasteiger partial charge in [0, 0.05) is 21.1 Å². The number of halogens is 1. The summed E-state index contributed by atoms with van der Waals surface area (Å²) in [6, 6.07) is 16.7. The molecule has 0 saturated carbocycles. The van der Waals surface area contributed by atoms with Gasteiger partial charge in [0.15, 0.2) is 5.78 Å². The number of benzene rings is 2. The van der Waals surface area contributed by atoms with Crippen molar-refractivity contribution in [3.05, 3.63) is 70.3 Å². The lowest BCUT2D eigenvalue weighted by molar-refractivity contribution is -0.128. The van der Waals surface area contributed by atoms with E-state index >= 15 is 0 Å². The van der Waals surface area contributed by atoms with E-state index in [1.165, 1.54) is 0 Å². The zero-order chi connectivity index (χ0) is 16.2. The van der Waals surface area contributed by atoms with Crippen molar-refractivity contribution in [2.45, 2.75) is 5.92 Å². The molecule has 1 atom stereocenters. The Morgan fingerprint density at radius 1 is 1.17 bits per heavy atom. The summed E-state index contributed by atoms with van der Waals surface area (Å²) in [5.41, 5.74) is 2.23. The van der Waals surface area contributed by atoms with Crippen molar-refractivity contribution in [2.75, 3.05) is 6.61 Å². The van der Waals surface area contributed by atoms with Crippen LogP contribution in [-0.2, 0) is 9.53 Å². The fourth-order valence-corrected chi connectivity index (χ4v) is 3.06. The Hall–Kier alpha value is -2.40. The average molecular weight is 372 g/mol. The standard InChI is InChI=1S/C18H14BrNO3/c19-15-8-4-7-13-9-16(20-17(13)15)14(10-23-11-21)18(22)12-5-2-1-3-6-12/h1-9,11,14,20H,10H2. The molecule has 3 rings (SSSR count). The Kier molecular flexibility index (Phi) is 4.57. The third-order valence-electron chi connectivity index (χ3n) is 3.71. The minimum Gasteiger partial charge on any atom is -0.467 e. The Morgan fingerprint density at radius 3 is 2.65 bits per heavy atom. The number of ketones is 1. The summed E-state index contributed by atoms with van der Waals surface area (Å²) in [5, 5.41) is 0.992. The fourth-order valence-electron chi connectivity index (χ4n) is 2.57. The number of rotatable bonds is 6. The molecular formula is C18H14BrNO3. The van der Waals surface area contributed by atoms with Crippen LogP contribution in [0.5, 0.6) is 0 Å². The second-order valence-electron chi connectivity index (χ2n) is 5.14. The van der Waals surface area contributed by atoms with Crippen molar-refractivity contribution < 1.29 is 14.3 Å². The maximum atomic E-state index is 12.8. The summed E-state index contributed by atoms with van der Waals surface area (Å²) >= 11 is 3.49. The van der Waals surface area contributed by atoms with Crippen molar-refractivity contribution in [1.29, 1.82) is 0 Å². The molecule has 0 fully saturated rings. The van der Waals surface area contributed by atoms with Gasteiger partial charge in [0.1, 0.15) is 6.61 Å². The second-order valence-corrected chi connectivity index (χ2v) is 6.00. The maximum Gasteiger partial charge on any atom is 0.293 e. The number of aromatic nitrogens is 1. The average Bonchev–Trinajstić information content (AvgIpc) is 3.01. The molecule has 0 amide bonds. The lowest BCUT2D eigenvalue weighted by Gasteiger charge is -2.13. The molecular weight excluding hydrogens is 358 g/mol. The molecule has 116 valence electrons. The first-order chi connectivity index (χ1) is 11.2. The number of hydrogen-bond donors (Lipinski definition) is 1. The van der Waals surface area contributed by atoms with Crippen molar-refractivity contribution in [1.82, 2.24) is 4.98 Å². The number of fused-ring (bicyclic) bond motifs is 1. The molecule has 1 N–H and O–H groups in total. The Labute approximate surface area is 141 Å². The molecule has 0 spiro atoms. The molecule has 1 heterocycles. The van der Waals surface area contributed by atoms with Crippen LogP contribution >= 0.6 is 15.9 Å². The molecule has 5 heteroatoms. The number of carbonyl (C=O) groups excluding carboxylic acids is 2. The van der Waals surface area contributed by atoms with Gasteiger partial charge in [-0.05, 0) is 28.1 Å². The molecule has 4 nitrogen and oxygen atoms in total. The van der Waals surface area contributed by atoms with Crippen LogP contribution in [0.4, 0.5) is 0 Å². The first-order valence-corrected chi connectivity index (χ1v) is 7.91. The number of carbonyl (C=O) groups is 2. The highest BCUT2D eigenvalue weighted by Gasteiger charge is 2.24. The SMILES string of the molecule is O=COCC(C(=O)c1ccccc1)c1cc2cccc(Br)c2[nH]1. The van der Waals surface area contributed by atoms with Crippen LogP contribution < -0.4 is 0 Å². The predicted octanol–water partition coefficient (Wildman–Crippen LogP) is 4.07. The van der Waals surface area contributed by atoms with Crippen molar-refractivity contribution in [3.63, 3.8) is 0 Å². The summed E-state index contributed by atoms with van der Waals surface area (Å²) in [6.07, 6.45) is 0. The zero-order valence-electron chi connectivity index (χ0n) is 12.2. The molecule has 0 saturated heterocycles. The van der Waals surface area contributed by atoms with Gasteiger partial charge in [0.05, 0.1) is 11.4 Å². The van der Waals surface area contributed by atoms with Gasteiger partial charge < -0.3 is 9.72 Å². The van der Waals surface area contributed by atoms with E-state index in [1.54, 1.807) is 12.1 Å². The Morgan fingerprint density at radius 2 is 1.96 bits per heavy atom. The molecule has 23 heavy (non-hydrogen) atoms. The third-order valence-corrected chi connectivity index (χ3v) is 4.37. The quantitative estimate of drug-likeness (QED) is 0.524. The van der Waals surface area contributed by atoms with Gasteiger partial charge in [-0.15, -0.1) is 0 Å². The number of nitrogens with one attached hydrogen (secondary N) is 1. The van der Waals surface area contributed by atoms with Crippen molar-refractivity contribution in [3.8, 4) is 0 Å². The highest BCUT2D eigenvalue weighted by Crippen LogP contribution is 2.29. The lowest BCUT2D eigenvalue weighted by atomic mass is 9.95. The van der Waals surface area contributed by atoms with E-state index in [2.05, 4.69) is 20.9 Å². The molecule has 0 aliphatic rings. The Balaban J connectivity index is 2.02. The summed E-state index contributed by atoms with van der Waals surface area (Å²) in [4.78, 5) is 26.6. The van der Waals surface area contributed by atoms with Crippen molar-refractivity contribution in [2.24, 2.45) is 0 Å². The van der Waals surface area contributed by atoms with Crippen LogP contribution in [0.3, 0.4) is 0 Å². The monoisotopic (exact) mass is 371 g/mol. The van der Waals surface area contributed by atoms with Crippen LogP contribution in [0.25, 0.3) is 10.9 Å². The molecule has 0 aliphatic heterocycles. The van der Waals surface area contributed by atoms with Crippen LogP contribution in [0.1, 0.15) is 22.0 Å². The number of Topliss-reactive ketones (excluding diaryl/α,β-unsaturated/α-hetero) is 1. The second kappa shape index (κ2) is 6.79. The maximum absolute atomic E-state index is 12.8. The molecule has 0 bridgehead atoms. The smallest absolute Gasteiger partial charge is 0.293 e. The van der Waals surface area contributed by atoms with E-state index in [4.69, 9.17) is 4.74 Å². The lowest BCUT2D eigenvalue weighted by Crippen LogP contribution is -2.18. The molecule has 3 aromatic rings. The summed E-state index contributed by atoms with van der Waals surface area (Å²) in [5.74, 6) is -0.656. The van der Waals surface area contributed by atoms with Crippen LogP contribution in [0, 0.1) is 0 Å². The summed E-state index contributed by atoms with van der Waals surface area (Å²) < 4.78 is 5.81. The zero-order valence-corrected chi connectivity index (χ0v) is 13.7. The number of para-hydroxylation sites is 1. The van der Waals surface area contributed by atoms with E-state index in [0.29, 0.717) is 12.0 Å². The van der Waals surface area contributed by atoms with Crippen molar-refractivity contribution >= 4 is 39.1 Å². The number of ether oxygens (including phenoxy) is 1. The van der Waals surface area contributed by atoms with Gasteiger partial charge in [-0.3, -0.25) is 9.59 Å². The summed E-state index contributed by atoms with van der Waals surface area (Å²) in [6.45, 7) is 0.367. The van der Waals surface area contributed by atoms with Gasteiger partial charge in [-0.1, -0.05) is 42.5 Å². The highest BCUT2D eigenvalue weighted by molar-refractivity contribution is 9.10. The van der Waals surface area contributed by atoms with E-state index < -0.39 is 5.92 Å². The minimum atomic E-state index is -0.568. The fraction of sp³-hybridized carbons (Fsp3) is 0.111. The number of H-pyrrole nitrogens is 1. The highest BCUT2D eigenvalue weighted by atomic mass is 79.9. The van der Waals surface area contributed by atoms with E-state index in [0.717, 1.165) is 21.1 Å². The van der Waals surface area contributed by atoms with Crippen LogP contribution in [-0.4, -0.2) is 23.8 Å². The molecule has 1 unspecified atom stereocenters. The van der Waals surface area contributed by atoms with E-state index in [9.17, 15) is 9.59 Å². The molecule has 1 aromatic heterocycles. The number of aromatic amines is 1. The van der Waals surface area contributed by atoms with Gasteiger partial charge in [-0.25, -0.2) is 0 Å². The normalized spacial score (nSPS) is 12.0. The first kappa shape index (κ1) is 15.5. The largest absolute Gasteiger partial charge is 0.467 e. The Bertz CT molecular complexity index is 842. The van der Waals surface area contributed by atoms with Gasteiger partial charge in [0.2, 0.25) is 0 Å².